The lowest BCUT2D eigenvalue weighted by Gasteiger charge is -2.19. The molecule has 0 unspecified atom stereocenters. The number of nitrogens with two attached hydrogens (primary N) is 1. The van der Waals surface area contributed by atoms with E-state index in [1.165, 1.54) is 17.0 Å². The maximum absolute atomic E-state index is 13.1. The number of amides is 1. The quantitative estimate of drug-likeness (QED) is 0.823. The average molecular weight is 358 g/mol. The Kier molecular flexibility index (Phi) is 4.30. The lowest BCUT2D eigenvalue weighted by molar-refractivity contribution is 0.0993. The number of anilines is 2. The number of hydrogen-bond acceptors (Lipinski definition) is 2. The zero-order chi connectivity index (χ0) is 14.9. The number of carbonyl (C=O) groups is 1. The van der Waals surface area contributed by atoms with Crippen molar-refractivity contribution in [1.82, 2.24) is 0 Å². The molecular weight excluding hydrogens is 347 g/mol. The van der Waals surface area contributed by atoms with Crippen LogP contribution >= 0.6 is 27.5 Å². The van der Waals surface area contributed by atoms with Crippen molar-refractivity contribution in [2.45, 2.75) is 0 Å². The summed E-state index contributed by atoms with van der Waals surface area (Å²) in [5.74, 6) is -0.880. The van der Waals surface area contributed by atoms with Crippen LogP contribution in [0.4, 0.5) is 15.8 Å². The lowest BCUT2D eigenvalue weighted by Crippen LogP contribution is -2.27. The second kappa shape index (κ2) is 5.81. The third-order valence-corrected chi connectivity index (χ3v) is 3.61. The predicted octanol–water partition coefficient (Wildman–Crippen LogP) is 4.10. The van der Waals surface area contributed by atoms with Gasteiger partial charge in [0.2, 0.25) is 0 Å². The van der Waals surface area contributed by atoms with Gasteiger partial charge in [0.1, 0.15) is 5.82 Å². The van der Waals surface area contributed by atoms with E-state index >= 15 is 0 Å². The molecule has 0 saturated heterocycles. The molecule has 6 heteroatoms. The fourth-order valence-electron chi connectivity index (χ4n) is 1.76. The maximum atomic E-state index is 13.1. The number of nitrogens with zero attached hydrogens (tertiary/aromatic N) is 1. The van der Waals surface area contributed by atoms with Crippen LogP contribution in [0.3, 0.4) is 0 Å². The Morgan fingerprint density at radius 1 is 1.30 bits per heavy atom. The number of rotatable bonds is 2. The van der Waals surface area contributed by atoms with E-state index in [1.807, 2.05) is 0 Å². The van der Waals surface area contributed by atoms with E-state index in [0.29, 0.717) is 16.9 Å². The number of halogens is 3. The lowest BCUT2D eigenvalue weighted by atomic mass is 10.1. The molecule has 0 radical (unpaired) electrons. The fourth-order valence-corrected chi connectivity index (χ4v) is 2.32. The molecule has 0 spiro atoms. The second-order valence-corrected chi connectivity index (χ2v) is 5.52. The molecule has 0 atom stereocenters. The van der Waals surface area contributed by atoms with Gasteiger partial charge >= 0.3 is 0 Å². The molecule has 0 aliphatic carbocycles. The van der Waals surface area contributed by atoms with Gasteiger partial charge in [0.15, 0.2) is 0 Å². The molecule has 104 valence electrons. The molecule has 2 N–H and O–H groups in total. The first-order chi connectivity index (χ1) is 9.40. The molecule has 3 nitrogen and oxygen atoms in total. The first-order valence-electron chi connectivity index (χ1n) is 5.68. The van der Waals surface area contributed by atoms with Crippen LogP contribution in [0.25, 0.3) is 0 Å². The average Bonchev–Trinajstić information content (AvgIpc) is 2.40. The number of benzene rings is 2. The second-order valence-electron chi connectivity index (χ2n) is 4.20. The summed E-state index contributed by atoms with van der Waals surface area (Å²) in [6.45, 7) is 0. The van der Waals surface area contributed by atoms with Crippen LogP contribution in [0.2, 0.25) is 5.02 Å². The van der Waals surface area contributed by atoms with Crippen LogP contribution in [0.15, 0.2) is 40.9 Å². The van der Waals surface area contributed by atoms with Gasteiger partial charge < -0.3 is 10.6 Å². The Balaban J connectivity index is 2.34. The largest absolute Gasteiger partial charge is 0.397 e. The summed E-state index contributed by atoms with van der Waals surface area (Å²) in [5.41, 5.74) is 7.20. The van der Waals surface area contributed by atoms with Crippen molar-refractivity contribution in [2.24, 2.45) is 0 Å². The van der Waals surface area contributed by atoms with Crippen molar-refractivity contribution in [2.75, 3.05) is 17.7 Å². The predicted molar refractivity (Wildman–Crippen MR) is 82.7 cm³/mol. The van der Waals surface area contributed by atoms with Gasteiger partial charge in [0.25, 0.3) is 5.91 Å². The van der Waals surface area contributed by atoms with Crippen molar-refractivity contribution < 1.29 is 9.18 Å². The van der Waals surface area contributed by atoms with Crippen molar-refractivity contribution >= 4 is 44.8 Å². The number of carbonyl (C=O) groups excluding carboxylic acids is 1. The van der Waals surface area contributed by atoms with Crippen LogP contribution in [0.1, 0.15) is 10.4 Å². The van der Waals surface area contributed by atoms with E-state index in [2.05, 4.69) is 15.9 Å². The summed E-state index contributed by atoms with van der Waals surface area (Å²) in [4.78, 5) is 13.7. The highest BCUT2D eigenvalue weighted by Gasteiger charge is 2.17. The molecule has 0 bridgehead atoms. The molecule has 0 aliphatic rings. The van der Waals surface area contributed by atoms with E-state index in [4.69, 9.17) is 17.3 Å². The normalized spacial score (nSPS) is 10.4. The standard InChI is InChI=1S/C14H11BrClFN2O/c1-19(13-5-3-9(15)7-12(13)18)14(20)8-2-4-11(17)10(16)6-8/h2-7H,18H2,1H3. The SMILES string of the molecule is CN(C(=O)c1ccc(F)c(Cl)c1)c1ccc(Br)cc1N. The Morgan fingerprint density at radius 3 is 2.60 bits per heavy atom. The minimum atomic E-state index is -0.561. The Morgan fingerprint density at radius 2 is 2.00 bits per heavy atom. The topological polar surface area (TPSA) is 46.3 Å². The van der Waals surface area contributed by atoms with Gasteiger partial charge in [-0.3, -0.25) is 4.79 Å². The summed E-state index contributed by atoms with van der Waals surface area (Å²) < 4.78 is 13.9. The van der Waals surface area contributed by atoms with E-state index in [0.717, 1.165) is 10.5 Å². The summed E-state index contributed by atoms with van der Waals surface area (Å²) in [6.07, 6.45) is 0. The molecule has 0 aromatic heterocycles. The van der Waals surface area contributed by atoms with Gasteiger partial charge in [-0.05, 0) is 36.4 Å². The summed E-state index contributed by atoms with van der Waals surface area (Å²) in [7, 11) is 1.60. The maximum Gasteiger partial charge on any atom is 0.258 e. The molecule has 1 amide bonds. The Hall–Kier alpha value is -1.59. The Bertz CT molecular complexity index is 678. The highest BCUT2D eigenvalue weighted by atomic mass is 79.9. The molecule has 0 heterocycles. The third-order valence-electron chi connectivity index (χ3n) is 2.82. The van der Waals surface area contributed by atoms with E-state index in [9.17, 15) is 9.18 Å². The molecule has 2 aromatic rings. The summed E-state index contributed by atoms with van der Waals surface area (Å²) in [5, 5.41) is -0.0898. The minimum absolute atomic E-state index is 0.0898. The smallest absolute Gasteiger partial charge is 0.258 e. The molecule has 2 rings (SSSR count). The molecular formula is C14H11BrClFN2O. The Labute approximate surface area is 129 Å². The van der Waals surface area contributed by atoms with Crippen molar-refractivity contribution in [3.63, 3.8) is 0 Å². The minimum Gasteiger partial charge on any atom is -0.397 e. The zero-order valence-corrected chi connectivity index (χ0v) is 12.9. The van der Waals surface area contributed by atoms with Crippen LogP contribution in [-0.4, -0.2) is 13.0 Å². The van der Waals surface area contributed by atoms with E-state index in [1.54, 1.807) is 25.2 Å². The third kappa shape index (κ3) is 2.94. The fraction of sp³-hybridized carbons (Fsp3) is 0.0714. The van der Waals surface area contributed by atoms with Gasteiger partial charge in [-0.15, -0.1) is 0 Å². The van der Waals surface area contributed by atoms with Crippen molar-refractivity contribution in [1.29, 1.82) is 0 Å². The molecule has 0 aliphatic heterocycles. The summed E-state index contributed by atoms with van der Waals surface area (Å²) >= 11 is 8.99. The first kappa shape index (κ1) is 14.8. The highest BCUT2D eigenvalue weighted by molar-refractivity contribution is 9.10. The molecule has 2 aromatic carbocycles. The number of hydrogen-bond donors (Lipinski definition) is 1. The highest BCUT2D eigenvalue weighted by Crippen LogP contribution is 2.27. The summed E-state index contributed by atoms with van der Waals surface area (Å²) in [6, 6.07) is 9.06. The van der Waals surface area contributed by atoms with Gasteiger partial charge in [0, 0.05) is 17.1 Å². The van der Waals surface area contributed by atoms with Crippen LogP contribution in [-0.2, 0) is 0 Å². The first-order valence-corrected chi connectivity index (χ1v) is 6.85. The van der Waals surface area contributed by atoms with Crippen LogP contribution < -0.4 is 10.6 Å². The zero-order valence-electron chi connectivity index (χ0n) is 10.5. The van der Waals surface area contributed by atoms with Crippen molar-refractivity contribution in [3.8, 4) is 0 Å². The van der Waals surface area contributed by atoms with Crippen molar-refractivity contribution in [3.05, 3.63) is 57.3 Å². The van der Waals surface area contributed by atoms with Gasteiger partial charge in [-0.2, -0.15) is 0 Å². The monoisotopic (exact) mass is 356 g/mol. The van der Waals surface area contributed by atoms with E-state index in [-0.39, 0.29) is 10.9 Å². The van der Waals surface area contributed by atoms with Gasteiger partial charge in [-0.1, -0.05) is 27.5 Å². The van der Waals surface area contributed by atoms with Gasteiger partial charge in [-0.25, -0.2) is 4.39 Å². The van der Waals surface area contributed by atoms with Gasteiger partial charge in [0.05, 0.1) is 16.4 Å². The van der Waals surface area contributed by atoms with Crippen LogP contribution in [0.5, 0.6) is 0 Å². The van der Waals surface area contributed by atoms with Crippen LogP contribution in [0, 0.1) is 5.82 Å². The number of nitrogen functional groups attached to an aromatic ring is 1. The molecule has 20 heavy (non-hydrogen) atoms. The molecule has 0 fully saturated rings. The van der Waals surface area contributed by atoms with E-state index < -0.39 is 5.82 Å². The molecule has 0 saturated carbocycles.